The Morgan fingerprint density at radius 3 is 2.85 bits per heavy atom. The van der Waals surface area contributed by atoms with Crippen LogP contribution in [0.3, 0.4) is 0 Å². The maximum absolute atomic E-state index is 12.5. The molecule has 0 spiro atoms. The molecule has 132 valence electrons. The Morgan fingerprint density at radius 2 is 2.04 bits per heavy atom. The van der Waals surface area contributed by atoms with Crippen molar-refractivity contribution < 1.29 is 14.3 Å². The van der Waals surface area contributed by atoms with E-state index in [-0.39, 0.29) is 11.5 Å². The SMILES string of the molecule is Cn1c(SCC(=O)c2ccc3c(c2)OCCO3)nnc1-c1cccnc1. The summed E-state index contributed by atoms with van der Waals surface area (Å²) in [7, 11) is 1.87. The molecule has 7 nitrogen and oxygen atoms in total. The molecule has 1 aromatic carbocycles. The number of thioether (sulfide) groups is 1. The molecule has 0 saturated heterocycles. The van der Waals surface area contributed by atoms with Gasteiger partial charge in [0.05, 0.1) is 5.75 Å². The largest absolute Gasteiger partial charge is 0.486 e. The molecular weight excluding hydrogens is 352 g/mol. The standard InChI is InChI=1S/C18H16N4O3S/c1-22-17(13-3-2-6-19-10-13)20-21-18(22)26-11-14(23)12-4-5-15-16(9-12)25-8-7-24-15/h2-6,9-10H,7-8,11H2,1H3. The Kier molecular flexibility index (Phi) is 4.57. The molecule has 0 amide bonds. The van der Waals surface area contributed by atoms with Gasteiger partial charge in [-0.25, -0.2) is 0 Å². The third-order valence-electron chi connectivity index (χ3n) is 3.95. The van der Waals surface area contributed by atoms with Crippen molar-refractivity contribution in [1.82, 2.24) is 19.7 Å². The zero-order valence-corrected chi connectivity index (χ0v) is 14.9. The van der Waals surface area contributed by atoms with Gasteiger partial charge >= 0.3 is 0 Å². The van der Waals surface area contributed by atoms with Crippen LogP contribution in [-0.4, -0.2) is 44.5 Å². The summed E-state index contributed by atoms with van der Waals surface area (Å²) in [4.78, 5) is 16.6. The first-order valence-corrected chi connectivity index (χ1v) is 9.06. The predicted molar refractivity (Wildman–Crippen MR) is 96.7 cm³/mol. The lowest BCUT2D eigenvalue weighted by molar-refractivity contribution is 0.102. The predicted octanol–water partition coefficient (Wildman–Crippen LogP) is 2.62. The summed E-state index contributed by atoms with van der Waals surface area (Å²) in [6.45, 7) is 1.02. The highest BCUT2D eigenvalue weighted by molar-refractivity contribution is 7.99. The van der Waals surface area contributed by atoms with E-state index in [0.29, 0.717) is 41.3 Å². The van der Waals surface area contributed by atoms with Crippen LogP contribution in [0.2, 0.25) is 0 Å². The highest BCUT2D eigenvalue weighted by Gasteiger charge is 2.17. The monoisotopic (exact) mass is 368 g/mol. The molecule has 1 aliphatic heterocycles. The highest BCUT2D eigenvalue weighted by atomic mass is 32.2. The summed E-state index contributed by atoms with van der Waals surface area (Å²) in [5, 5.41) is 9.05. The first kappa shape index (κ1) is 16.6. The van der Waals surface area contributed by atoms with E-state index in [1.165, 1.54) is 11.8 Å². The van der Waals surface area contributed by atoms with Crippen LogP contribution in [0.15, 0.2) is 47.9 Å². The van der Waals surface area contributed by atoms with Crippen molar-refractivity contribution in [2.45, 2.75) is 5.16 Å². The van der Waals surface area contributed by atoms with E-state index in [9.17, 15) is 4.79 Å². The normalized spacial score (nSPS) is 12.8. The smallest absolute Gasteiger partial charge is 0.191 e. The van der Waals surface area contributed by atoms with Crippen LogP contribution >= 0.6 is 11.8 Å². The molecule has 4 rings (SSSR count). The van der Waals surface area contributed by atoms with Gasteiger partial charge in [0.25, 0.3) is 0 Å². The fraction of sp³-hybridized carbons (Fsp3) is 0.222. The van der Waals surface area contributed by atoms with Crippen LogP contribution in [0.5, 0.6) is 11.5 Å². The number of benzene rings is 1. The van der Waals surface area contributed by atoms with Gasteiger partial charge in [0.15, 0.2) is 28.3 Å². The van der Waals surface area contributed by atoms with Crippen molar-refractivity contribution in [2.24, 2.45) is 7.05 Å². The minimum Gasteiger partial charge on any atom is -0.486 e. The van der Waals surface area contributed by atoms with Crippen LogP contribution < -0.4 is 9.47 Å². The summed E-state index contributed by atoms with van der Waals surface area (Å²) < 4.78 is 12.9. The maximum Gasteiger partial charge on any atom is 0.191 e. The number of aromatic nitrogens is 4. The first-order valence-electron chi connectivity index (χ1n) is 8.08. The maximum atomic E-state index is 12.5. The summed E-state index contributed by atoms with van der Waals surface area (Å²) in [5.41, 5.74) is 1.48. The number of nitrogens with zero attached hydrogens (tertiary/aromatic N) is 4. The molecule has 26 heavy (non-hydrogen) atoms. The van der Waals surface area contributed by atoms with Crippen molar-refractivity contribution in [2.75, 3.05) is 19.0 Å². The lowest BCUT2D eigenvalue weighted by Crippen LogP contribution is -2.16. The number of carbonyl (C=O) groups excluding carboxylic acids is 1. The molecule has 3 heterocycles. The summed E-state index contributed by atoms with van der Waals surface area (Å²) in [5.74, 6) is 2.27. The number of pyridine rings is 1. The Morgan fingerprint density at radius 1 is 1.19 bits per heavy atom. The number of ether oxygens (including phenoxy) is 2. The van der Waals surface area contributed by atoms with Crippen molar-refractivity contribution in [3.8, 4) is 22.9 Å². The molecule has 0 atom stereocenters. The number of fused-ring (bicyclic) bond motifs is 1. The van der Waals surface area contributed by atoms with E-state index in [2.05, 4.69) is 15.2 Å². The minimum atomic E-state index is -0.00194. The van der Waals surface area contributed by atoms with E-state index in [1.807, 2.05) is 23.7 Å². The molecule has 8 heteroatoms. The summed E-state index contributed by atoms with van der Waals surface area (Å²) in [6.07, 6.45) is 3.44. The van der Waals surface area contributed by atoms with Gasteiger partial charge in [-0.15, -0.1) is 10.2 Å². The molecule has 0 aliphatic carbocycles. The first-order chi connectivity index (χ1) is 12.7. The van der Waals surface area contributed by atoms with Gasteiger partial charge in [-0.3, -0.25) is 9.78 Å². The van der Waals surface area contributed by atoms with E-state index >= 15 is 0 Å². The molecule has 0 bridgehead atoms. The number of carbonyl (C=O) groups is 1. The number of hydrogen-bond acceptors (Lipinski definition) is 7. The van der Waals surface area contributed by atoms with E-state index in [1.54, 1.807) is 30.6 Å². The second kappa shape index (κ2) is 7.17. The van der Waals surface area contributed by atoms with Crippen molar-refractivity contribution >= 4 is 17.5 Å². The van der Waals surface area contributed by atoms with Gasteiger partial charge in [-0.1, -0.05) is 11.8 Å². The molecular formula is C18H16N4O3S. The molecule has 0 fully saturated rings. The third kappa shape index (κ3) is 3.28. The highest BCUT2D eigenvalue weighted by Crippen LogP contribution is 2.31. The van der Waals surface area contributed by atoms with E-state index in [0.717, 1.165) is 5.56 Å². The van der Waals surface area contributed by atoms with E-state index < -0.39 is 0 Å². The number of ketones is 1. The third-order valence-corrected chi connectivity index (χ3v) is 4.97. The molecule has 0 unspecified atom stereocenters. The Labute approximate surface area is 154 Å². The van der Waals surface area contributed by atoms with Crippen LogP contribution in [0.1, 0.15) is 10.4 Å². The molecule has 2 aromatic heterocycles. The zero-order chi connectivity index (χ0) is 17.9. The topological polar surface area (TPSA) is 79.1 Å². The Bertz CT molecular complexity index is 943. The quantitative estimate of drug-likeness (QED) is 0.506. The van der Waals surface area contributed by atoms with Crippen LogP contribution in [0.25, 0.3) is 11.4 Å². The van der Waals surface area contributed by atoms with Crippen molar-refractivity contribution in [3.05, 3.63) is 48.3 Å². The minimum absolute atomic E-state index is 0.00194. The average molecular weight is 368 g/mol. The van der Waals surface area contributed by atoms with Gasteiger partial charge in [0, 0.05) is 30.6 Å². The van der Waals surface area contributed by atoms with Gasteiger partial charge in [0.2, 0.25) is 0 Å². The second-order valence-corrected chi connectivity index (χ2v) is 6.62. The van der Waals surface area contributed by atoms with Gasteiger partial charge < -0.3 is 14.0 Å². The summed E-state index contributed by atoms with van der Waals surface area (Å²) >= 11 is 1.35. The fourth-order valence-corrected chi connectivity index (χ4v) is 3.42. The molecule has 0 radical (unpaired) electrons. The molecule has 0 saturated carbocycles. The van der Waals surface area contributed by atoms with Crippen LogP contribution in [0.4, 0.5) is 0 Å². The zero-order valence-electron chi connectivity index (χ0n) is 14.1. The average Bonchev–Trinajstić information content (AvgIpc) is 3.07. The fourth-order valence-electron chi connectivity index (χ4n) is 2.62. The summed E-state index contributed by atoms with van der Waals surface area (Å²) in [6, 6.07) is 9.03. The molecule has 3 aromatic rings. The Balaban J connectivity index is 1.46. The lowest BCUT2D eigenvalue weighted by Gasteiger charge is -2.18. The lowest BCUT2D eigenvalue weighted by atomic mass is 10.1. The van der Waals surface area contributed by atoms with Crippen molar-refractivity contribution in [1.29, 1.82) is 0 Å². The van der Waals surface area contributed by atoms with Crippen LogP contribution in [0, 0.1) is 0 Å². The van der Waals surface area contributed by atoms with Crippen LogP contribution in [-0.2, 0) is 7.05 Å². The van der Waals surface area contributed by atoms with Gasteiger partial charge in [-0.05, 0) is 30.3 Å². The Hall–Kier alpha value is -2.87. The van der Waals surface area contributed by atoms with Crippen molar-refractivity contribution in [3.63, 3.8) is 0 Å². The van der Waals surface area contributed by atoms with Gasteiger partial charge in [0.1, 0.15) is 13.2 Å². The molecule has 0 N–H and O–H groups in total. The second-order valence-electron chi connectivity index (χ2n) is 5.68. The number of hydrogen-bond donors (Lipinski definition) is 0. The molecule has 1 aliphatic rings. The number of Topliss-reactive ketones (excluding diaryl/α,β-unsaturated/α-hetero) is 1. The number of rotatable bonds is 5. The van der Waals surface area contributed by atoms with Gasteiger partial charge in [-0.2, -0.15) is 0 Å². The van der Waals surface area contributed by atoms with E-state index in [4.69, 9.17) is 9.47 Å².